The van der Waals surface area contributed by atoms with Gasteiger partial charge in [0.05, 0.1) is 0 Å². The zero-order valence-electron chi connectivity index (χ0n) is 14.9. The van der Waals surface area contributed by atoms with E-state index < -0.39 is 12.1 Å². The molecule has 0 bridgehead atoms. The average molecular weight is 386 g/mol. The summed E-state index contributed by atoms with van der Waals surface area (Å²) in [6, 6.07) is 12.9. The number of anilines is 1. The van der Waals surface area contributed by atoms with Crippen LogP contribution in [0.25, 0.3) is 0 Å². The van der Waals surface area contributed by atoms with Crippen LogP contribution in [0.5, 0.6) is 0 Å². The third-order valence-corrected chi connectivity index (χ3v) is 4.77. The summed E-state index contributed by atoms with van der Waals surface area (Å²) in [6.45, 7) is 2.17. The van der Waals surface area contributed by atoms with E-state index in [0.717, 1.165) is 16.0 Å². The lowest BCUT2D eigenvalue weighted by Crippen LogP contribution is -2.49. The lowest BCUT2D eigenvalue weighted by Gasteiger charge is -2.22. The van der Waals surface area contributed by atoms with E-state index in [1.807, 2.05) is 31.2 Å². The zero-order valence-corrected chi connectivity index (χ0v) is 15.6. The van der Waals surface area contributed by atoms with E-state index in [-0.39, 0.29) is 24.8 Å². The monoisotopic (exact) mass is 385 g/mol. The Morgan fingerprint density at radius 1 is 1.19 bits per heavy atom. The molecule has 1 saturated heterocycles. The summed E-state index contributed by atoms with van der Waals surface area (Å²) in [5.74, 6) is -0.738. The zero-order chi connectivity index (χ0) is 19.4. The SMILES string of the molecule is Cc1ccc(CNC(=O)C2CCC(=O)N2C(=O)Nc2ccccc2)c(Cl)c1. The molecule has 0 spiro atoms. The first-order valence-corrected chi connectivity index (χ1v) is 9.04. The summed E-state index contributed by atoms with van der Waals surface area (Å²) in [4.78, 5) is 38.2. The topological polar surface area (TPSA) is 78.5 Å². The van der Waals surface area contributed by atoms with Gasteiger partial charge in [0.15, 0.2) is 0 Å². The van der Waals surface area contributed by atoms with Crippen LogP contribution in [0.15, 0.2) is 48.5 Å². The number of amides is 4. The molecule has 1 heterocycles. The third-order valence-electron chi connectivity index (χ3n) is 4.42. The quantitative estimate of drug-likeness (QED) is 0.845. The predicted octanol–water partition coefficient (Wildman–Crippen LogP) is 3.49. The Hall–Kier alpha value is -2.86. The van der Waals surface area contributed by atoms with Gasteiger partial charge in [-0.3, -0.25) is 14.5 Å². The molecule has 3 rings (SSSR count). The van der Waals surface area contributed by atoms with E-state index in [0.29, 0.717) is 17.1 Å². The number of aryl methyl sites for hydroxylation is 1. The van der Waals surface area contributed by atoms with Crippen molar-refractivity contribution in [3.63, 3.8) is 0 Å². The molecule has 4 amide bonds. The third kappa shape index (κ3) is 4.46. The van der Waals surface area contributed by atoms with E-state index in [1.165, 1.54) is 0 Å². The number of halogens is 1. The van der Waals surface area contributed by atoms with Crippen molar-refractivity contribution >= 4 is 35.1 Å². The first-order valence-electron chi connectivity index (χ1n) is 8.66. The van der Waals surface area contributed by atoms with E-state index in [4.69, 9.17) is 11.6 Å². The molecular weight excluding hydrogens is 366 g/mol. The number of hydrogen-bond acceptors (Lipinski definition) is 3. The van der Waals surface area contributed by atoms with Gasteiger partial charge in [-0.1, -0.05) is 41.9 Å². The molecule has 1 unspecified atom stereocenters. The molecule has 0 aliphatic carbocycles. The number of hydrogen-bond donors (Lipinski definition) is 2. The number of likely N-dealkylation sites (tertiary alicyclic amines) is 1. The lowest BCUT2D eigenvalue weighted by molar-refractivity contribution is -0.132. The molecule has 27 heavy (non-hydrogen) atoms. The molecule has 2 aromatic carbocycles. The van der Waals surface area contributed by atoms with Crippen molar-refractivity contribution in [2.75, 3.05) is 5.32 Å². The number of urea groups is 1. The van der Waals surface area contributed by atoms with Gasteiger partial charge in [0.1, 0.15) is 6.04 Å². The number of para-hydroxylation sites is 1. The van der Waals surface area contributed by atoms with Gasteiger partial charge < -0.3 is 10.6 Å². The van der Waals surface area contributed by atoms with Crippen LogP contribution in [0.4, 0.5) is 10.5 Å². The van der Waals surface area contributed by atoms with Crippen molar-refractivity contribution in [3.05, 3.63) is 64.7 Å². The number of carbonyl (C=O) groups excluding carboxylic acids is 3. The molecule has 1 atom stereocenters. The van der Waals surface area contributed by atoms with Crippen molar-refractivity contribution in [2.45, 2.75) is 32.4 Å². The molecule has 2 N–H and O–H groups in total. The van der Waals surface area contributed by atoms with Crippen molar-refractivity contribution < 1.29 is 14.4 Å². The summed E-state index contributed by atoms with van der Waals surface area (Å²) in [5.41, 5.74) is 2.37. The fourth-order valence-corrected chi connectivity index (χ4v) is 3.29. The molecule has 0 saturated carbocycles. The summed E-state index contributed by atoms with van der Waals surface area (Å²) in [5, 5.41) is 5.99. The molecule has 1 aliphatic heterocycles. The average Bonchev–Trinajstić information content (AvgIpc) is 3.03. The number of nitrogens with zero attached hydrogens (tertiary/aromatic N) is 1. The minimum absolute atomic E-state index is 0.158. The molecule has 140 valence electrons. The molecule has 1 fully saturated rings. The van der Waals surface area contributed by atoms with Crippen LogP contribution in [0.1, 0.15) is 24.0 Å². The minimum atomic E-state index is -0.828. The van der Waals surface area contributed by atoms with Gasteiger partial charge in [-0.2, -0.15) is 0 Å². The van der Waals surface area contributed by atoms with E-state index >= 15 is 0 Å². The number of nitrogens with one attached hydrogen (secondary N) is 2. The smallest absolute Gasteiger partial charge is 0.329 e. The van der Waals surface area contributed by atoms with Gasteiger partial charge in [-0.15, -0.1) is 0 Å². The van der Waals surface area contributed by atoms with Crippen LogP contribution in [-0.2, 0) is 16.1 Å². The molecule has 0 radical (unpaired) electrons. The van der Waals surface area contributed by atoms with Gasteiger partial charge in [0.25, 0.3) is 0 Å². The van der Waals surface area contributed by atoms with Crippen LogP contribution in [0.3, 0.4) is 0 Å². The van der Waals surface area contributed by atoms with E-state index in [9.17, 15) is 14.4 Å². The minimum Gasteiger partial charge on any atom is -0.350 e. The Morgan fingerprint density at radius 2 is 1.93 bits per heavy atom. The van der Waals surface area contributed by atoms with Gasteiger partial charge in [-0.05, 0) is 42.7 Å². The fraction of sp³-hybridized carbons (Fsp3) is 0.250. The van der Waals surface area contributed by atoms with Crippen molar-refractivity contribution in [1.29, 1.82) is 0 Å². The second-order valence-corrected chi connectivity index (χ2v) is 6.83. The molecular formula is C20H20ClN3O3. The summed E-state index contributed by atoms with van der Waals surface area (Å²) < 4.78 is 0. The van der Waals surface area contributed by atoms with Crippen molar-refractivity contribution in [3.8, 4) is 0 Å². The highest BCUT2D eigenvalue weighted by Crippen LogP contribution is 2.22. The van der Waals surface area contributed by atoms with Gasteiger partial charge in [0.2, 0.25) is 11.8 Å². The van der Waals surface area contributed by atoms with E-state index in [2.05, 4.69) is 10.6 Å². The number of benzene rings is 2. The normalized spacial score (nSPS) is 16.3. The molecule has 1 aliphatic rings. The first kappa shape index (κ1) is 18.9. The van der Waals surface area contributed by atoms with Crippen LogP contribution in [0, 0.1) is 6.92 Å². The number of imide groups is 1. The van der Waals surface area contributed by atoms with Crippen LogP contribution >= 0.6 is 11.6 Å². The highest BCUT2D eigenvalue weighted by atomic mass is 35.5. The Kier molecular flexibility index (Phi) is 5.76. The van der Waals surface area contributed by atoms with Gasteiger partial charge in [-0.25, -0.2) is 4.79 Å². The maximum atomic E-state index is 12.6. The van der Waals surface area contributed by atoms with Crippen molar-refractivity contribution in [1.82, 2.24) is 10.2 Å². The summed E-state index contributed by atoms with van der Waals surface area (Å²) in [6.07, 6.45) is 0.458. The van der Waals surface area contributed by atoms with Crippen LogP contribution in [-0.4, -0.2) is 28.8 Å². The molecule has 7 heteroatoms. The summed E-state index contributed by atoms with van der Waals surface area (Å²) >= 11 is 6.19. The van der Waals surface area contributed by atoms with Crippen LogP contribution in [0.2, 0.25) is 5.02 Å². The summed E-state index contributed by atoms with van der Waals surface area (Å²) in [7, 11) is 0. The van der Waals surface area contributed by atoms with Gasteiger partial charge >= 0.3 is 6.03 Å². The maximum Gasteiger partial charge on any atom is 0.329 e. The molecule has 2 aromatic rings. The Bertz CT molecular complexity index is 870. The largest absolute Gasteiger partial charge is 0.350 e. The first-order chi connectivity index (χ1) is 13.0. The maximum absolute atomic E-state index is 12.6. The number of rotatable bonds is 4. The standard InChI is InChI=1S/C20H20ClN3O3/c1-13-7-8-14(16(21)11-13)12-22-19(26)17-9-10-18(25)24(17)20(27)23-15-5-3-2-4-6-15/h2-8,11,17H,9-10,12H2,1H3,(H,22,26)(H,23,27). The Balaban J connectivity index is 1.65. The van der Waals surface area contributed by atoms with Crippen molar-refractivity contribution in [2.24, 2.45) is 0 Å². The second kappa shape index (κ2) is 8.22. The predicted molar refractivity (Wildman–Crippen MR) is 103 cm³/mol. The Morgan fingerprint density at radius 3 is 2.63 bits per heavy atom. The van der Waals surface area contributed by atoms with Gasteiger partial charge in [0, 0.05) is 23.7 Å². The second-order valence-electron chi connectivity index (χ2n) is 6.43. The highest BCUT2D eigenvalue weighted by Gasteiger charge is 2.40. The molecule has 0 aromatic heterocycles. The fourth-order valence-electron chi connectivity index (χ4n) is 2.99. The molecule has 6 nitrogen and oxygen atoms in total. The highest BCUT2D eigenvalue weighted by molar-refractivity contribution is 6.31. The number of carbonyl (C=O) groups is 3. The lowest BCUT2D eigenvalue weighted by atomic mass is 10.1. The van der Waals surface area contributed by atoms with Crippen LogP contribution < -0.4 is 10.6 Å². The van der Waals surface area contributed by atoms with E-state index in [1.54, 1.807) is 24.3 Å². The Labute approximate surface area is 162 Å².